The normalized spacial score (nSPS) is 11.4. The maximum atomic E-state index is 5.83. The predicted octanol–water partition coefficient (Wildman–Crippen LogP) is 4.64. The molecule has 4 heteroatoms. The zero-order valence-electron chi connectivity index (χ0n) is 11.9. The molecule has 0 spiro atoms. The minimum atomic E-state index is 0.506. The SMILES string of the molecule is Cc1ncc(COc2ccc3cc(C(C)C)[nH]c3c2)s1. The van der Waals surface area contributed by atoms with Crippen LogP contribution in [0.5, 0.6) is 5.75 Å². The second-order valence-corrected chi connectivity index (χ2v) is 6.58. The maximum Gasteiger partial charge on any atom is 0.124 e. The summed E-state index contributed by atoms with van der Waals surface area (Å²) >= 11 is 1.67. The minimum absolute atomic E-state index is 0.506. The molecule has 3 rings (SSSR count). The molecule has 0 aliphatic carbocycles. The molecule has 0 saturated carbocycles. The van der Waals surface area contributed by atoms with Crippen LogP contribution in [0.4, 0.5) is 0 Å². The Kier molecular flexibility index (Phi) is 3.49. The molecule has 0 unspecified atom stereocenters. The highest BCUT2D eigenvalue weighted by Crippen LogP contribution is 2.25. The summed E-state index contributed by atoms with van der Waals surface area (Å²) in [5.74, 6) is 1.40. The van der Waals surface area contributed by atoms with Gasteiger partial charge in [-0.3, -0.25) is 0 Å². The first-order valence-corrected chi connectivity index (χ1v) is 7.60. The van der Waals surface area contributed by atoms with Crippen LogP contribution in [0.1, 0.15) is 35.3 Å². The number of hydrogen-bond acceptors (Lipinski definition) is 3. The lowest BCUT2D eigenvalue weighted by Crippen LogP contribution is -1.92. The van der Waals surface area contributed by atoms with Gasteiger partial charge in [0.2, 0.25) is 0 Å². The fraction of sp³-hybridized carbons (Fsp3) is 0.312. The van der Waals surface area contributed by atoms with Crippen molar-refractivity contribution in [3.8, 4) is 5.75 Å². The molecule has 1 aromatic carbocycles. The lowest BCUT2D eigenvalue weighted by atomic mass is 10.1. The molecule has 1 N–H and O–H groups in total. The van der Waals surface area contributed by atoms with Gasteiger partial charge in [-0.15, -0.1) is 11.3 Å². The van der Waals surface area contributed by atoms with Crippen LogP contribution in [-0.2, 0) is 6.61 Å². The highest BCUT2D eigenvalue weighted by Gasteiger charge is 2.06. The largest absolute Gasteiger partial charge is 0.488 e. The molecular weight excluding hydrogens is 268 g/mol. The molecule has 0 atom stereocenters. The van der Waals surface area contributed by atoms with Gasteiger partial charge >= 0.3 is 0 Å². The number of H-pyrrole nitrogens is 1. The van der Waals surface area contributed by atoms with E-state index in [0.29, 0.717) is 12.5 Å². The van der Waals surface area contributed by atoms with E-state index in [9.17, 15) is 0 Å². The first kappa shape index (κ1) is 13.2. The van der Waals surface area contributed by atoms with Crippen molar-refractivity contribution in [1.29, 1.82) is 0 Å². The number of benzene rings is 1. The monoisotopic (exact) mass is 286 g/mol. The second-order valence-electron chi connectivity index (χ2n) is 5.26. The third-order valence-corrected chi connectivity index (χ3v) is 4.17. The van der Waals surface area contributed by atoms with Crippen LogP contribution in [0.15, 0.2) is 30.5 Å². The third kappa shape index (κ3) is 2.70. The number of thiazole rings is 1. The minimum Gasteiger partial charge on any atom is -0.488 e. The van der Waals surface area contributed by atoms with Gasteiger partial charge in [-0.25, -0.2) is 4.98 Å². The van der Waals surface area contributed by atoms with E-state index in [4.69, 9.17) is 4.74 Å². The highest BCUT2D eigenvalue weighted by molar-refractivity contribution is 7.11. The van der Waals surface area contributed by atoms with Gasteiger partial charge in [0.25, 0.3) is 0 Å². The molecule has 20 heavy (non-hydrogen) atoms. The van der Waals surface area contributed by atoms with Gasteiger partial charge < -0.3 is 9.72 Å². The van der Waals surface area contributed by atoms with Gasteiger partial charge in [0.1, 0.15) is 12.4 Å². The zero-order valence-corrected chi connectivity index (χ0v) is 12.8. The molecule has 2 heterocycles. The van der Waals surface area contributed by atoms with Gasteiger partial charge in [0.15, 0.2) is 0 Å². The van der Waals surface area contributed by atoms with Crippen molar-refractivity contribution < 1.29 is 4.74 Å². The van der Waals surface area contributed by atoms with Crippen molar-refractivity contribution in [2.75, 3.05) is 0 Å². The lowest BCUT2D eigenvalue weighted by Gasteiger charge is -2.04. The molecular formula is C16H18N2OS. The molecule has 104 valence electrons. The Morgan fingerprint density at radius 1 is 1.30 bits per heavy atom. The standard InChI is InChI=1S/C16H18N2OS/c1-10(2)15-6-12-4-5-13(7-16(12)18-15)19-9-14-8-17-11(3)20-14/h4-8,10,18H,9H2,1-3H3. The molecule has 0 aliphatic rings. The molecule has 0 saturated heterocycles. The number of hydrogen-bond donors (Lipinski definition) is 1. The van der Waals surface area contributed by atoms with Crippen LogP contribution in [0.25, 0.3) is 10.9 Å². The van der Waals surface area contributed by atoms with Gasteiger partial charge in [-0.2, -0.15) is 0 Å². The smallest absolute Gasteiger partial charge is 0.124 e. The van der Waals surface area contributed by atoms with Crippen LogP contribution in [-0.4, -0.2) is 9.97 Å². The van der Waals surface area contributed by atoms with E-state index >= 15 is 0 Å². The Labute approximate surface area is 122 Å². The summed E-state index contributed by atoms with van der Waals surface area (Å²) in [5, 5.41) is 2.31. The topological polar surface area (TPSA) is 37.9 Å². The van der Waals surface area contributed by atoms with Crippen LogP contribution in [0, 0.1) is 6.92 Å². The highest BCUT2D eigenvalue weighted by atomic mass is 32.1. The first-order chi connectivity index (χ1) is 9.61. The van der Waals surface area contributed by atoms with E-state index < -0.39 is 0 Å². The lowest BCUT2D eigenvalue weighted by molar-refractivity contribution is 0.310. The average molecular weight is 286 g/mol. The number of fused-ring (bicyclic) bond motifs is 1. The first-order valence-electron chi connectivity index (χ1n) is 6.78. The number of aromatic amines is 1. The van der Waals surface area contributed by atoms with Crippen molar-refractivity contribution in [3.63, 3.8) is 0 Å². The summed E-state index contributed by atoms with van der Waals surface area (Å²) in [6.45, 7) is 6.96. The van der Waals surface area contributed by atoms with E-state index in [1.54, 1.807) is 11.3 Å². The molecule has 2 aromatic heterocycles. The van der Waals surface area contributed by atoms with E-state index in [2.05, 4.69) is 42.0 Å². The van der Waals surface area contributed by atoms with Crippen LogP contribution in [0.2, 0.25) is 0 Å². The molecule has 0 radical (unpaired) electrons. The van der Waals surface area contributed by atoms with Crippen molar-refractivity contribution in [2.24, 2.45) is 0 Å². The molecule has 3 aromatic rings. The Hall–Kier alpha value is -1.81. The van der Waals surface area contributed by atoms with Crippen LogP contribution < -0.4 is 4.74 Å². The van der Waals surface area contributed by atoms with Crippen molar-refractivity contribution >= 4 is 22.2 Å². The Morgan fingerprint density at radius 2 is 2.15 bits per heavy atom. The zero-order chi connectivity index (χ0) is 14.1. The summed E-state index contributed by atoms with van der Waals surface area (Å²) in [6.07, 6.45) is 1.88. The summed E-state index contributed by atoms with van der Waals surface area (Å²) in [4.78, 5) is 8.83. The number of nitrogens with zero attached hydrogens (tertiary/aromatic N) is 1. The van der Waals surface area contributed by atoms with E-state index in [1.165, 1.54) is 11.1 Å². The van der Waals surface area contributed by atoms with E-state index in [1.807, 2.05) is 19.2 Å². The third-order valence-electron chi connectivity index (χ3n) is 3.29. The summed E-state index contributed by atoms with van der Waals surface area (Å²) < 4.78 is 5.83. The summed E-state index contributed by atoms with van der Waals surface area (Å²) in [5.41, 5.74) is 2.39. The molecule has 0 aliphatic heterocycles. The van der Waals surface area contributed by atoms with Gasteiger partial charge in [0.05, 0.1) is 9.88 Å². The van der Waals surface area contributed by atoms with Crippen molar-refractivity contribution in [3.05, 3.63) is 46.0 Å². The van der Waals surface area contributed by atoms with Crippen LogP contribution in [0.3, 0.4) is 0 Å². The van der Waals surface area contributed by atoms with Crippen LogP contribution >= 0.6 is 11.3 Å². The number of aryl methyl sites for hydroxylation is 1. The average Bonchev–Trinajstić information content (AvgIpc) is 3.01. The number of rotatable bonds is 4. The maximum absolute atomic E-state index is 5.83. The van der Waals surface area contributed by atoms with E-state index in [-0.39, 0.29) is 0 Å². The summed E-state index contributed by atoms with van der Waals surface area (Å²) in [6, 6.07) is 8.39. The Morgan fingerprint density at radius 3 is 2.85 bits per heavy atom. The number of aromatic nitrogens is 2. The van der Waals surface area contributed by atoms with Gasteiger partial charge in [-0.1, -0.05) is 13.8 Å². The number of nitrogens with one attached hydrogen (secondary N) is 1. The molecule has 0 amide bonds. The van der Waals surface area contributed by atoms with E-state index in [0.717, 1.165) is 21.2 Å². The van der Waals surface area contributed by atoms with Crippen molar-refractivity contribution in [2.45, 2.75) is 33.3 Å². The quantitative estimate of drug-likeness (QED) is 0.759. The molecule has 0 bridgehead atoms. The molecule has 0 fully saturated rings. The second kappa shape index (κ2) is 5.29. The van der Waals surface area contributed by atoms with Crippen molar-refractivity contribution in [1.82, 2.24) is 9.97 Å². The van der Waals surface area contributed by atoms with Gasteiger partial charge in [0, 0.05) is 23.5 Å². The fourth-order valence-electron chi connectivity index (χ4n) is 2.16. The Bertz CT molecular complexity index is 727. The van der Waals surface area contributed by atoms with Gasteiger partial charge in [-0.05, 0) is 36.4 Å². The summed E-state index contributed by atoms with van der Waals surface area (Å²) in [7, 11) is 0. The number of ether oxygens (including phenoxy) is 1. The fourth-order valence-corrected chi connectivity index (χ4v) is 2.86. The molecule has 3 nitrogen and oxygen atoms in total. The Balaban J connectivity index is 1.78. The predicted molar refractivity (Wildman–Crippen MR) is 83.6 cm³/mol.